The fourth-order valence-electron chi connectivity index (χ4n) is 1.74. The second-order valence-electron chi connectivity index (χ2n) is 4.80. The fraction of sp³-hybridized carbons (Fsp3) is 0.500. The molecule has 0 saturated carbocycles. The van der Waals surface area contributed by atoms with Gasteiger partial charge in [0.2, 0.25) is 0 Å². The normalized spacial score (nSPS) is 12.2. The summed E-state index contributed by atoms with van der Waals surface area (Å²) in [6.07, 6.45) is 0.974. The van der Waals surface area contributed by atoms with Gasteiger partial charge in [0.05, 0.1) is 5.39 Å². The topological polar surface area (TPSA) is 64.9 Å². The third-order valence-electron chi connectivity index (χ3n) is 3.13. The van der Waals surface area contributed by atoms with Gasteiger partial charge in [-0.2, -0.15) is 0 Å². The Hall–Kier alpha value is -1.58. The van der Waals surface area contributed by atoms with E-state index in [2.05, 4.69) is 30.9 Å². The average Bonchev–Trinajstić information content (AvgIpc) is 2.62. The van der Waals surface area contributed by atoms with Gasteiger partial charge in [-0.15, -0.1) is 0 Å². The van der Waals surface area contributed by atoms with E-state index in [1.165, 1.54) is 0 Å². The summed E-state index contributed by atoms with van der Waals surface area (Å²) < 4.78 is 5.26. The molecule has 0 unspecified atom stereocenters. The van der Waals surface area contributed by atoms with E-state index in [0.717, 1.165) is 23.2 Å². The van der Waals surface area contributed by atoms with Crippen molar-refractivity contribution >= 4 is 16.8 Å². The molecule has 4 heteroatoms. The number of aromatic nitrogens is 2. The number of nitrogens with two attached hydrogens (primary N) is 1. The SMILES string of the molecule is CCC(C)(C)c1noc2nc(C)cc(N)c12. The summed E-state index contributed by atoms with van der Waals surface area (Å²) in [5.41, 5.74) is 8.95. The summed E-state index contributed by atoms with van der Waals surface area (Å²) in [5, 5.41) is 4.98. The van der Waals surface area contributed by atoms with E-state index in [1.54, 1.807) is 0 Å². The van der Waals surface area contributed by atoms with Gasteiger partial charge in [0.15, 0.2) is 0 Å². The zero-order valence-corrected chi connectivity index (χ0v) is 10.2. The minimum absolute atomic E-state index is 0.0453. The minimum atomic E-state index is -0.0453. The van der Waals surface area contributed by atoms with Gasteiger partial charge in [0, 0.05) is 16.8 Å². The number of anilines is 1. The van der Waals surface area contributed by atoms with Gasteiger partial charge < -0.3 is 10.3 Å². The number of hydrogen-bond acceptors (Lipinski definition) is 4. The Morgan fingerprint density at radius 1 is 1.44 bits per heavy atom. The average molecular weight is 219 g/mol. The highest BCUT2D eigenvalue weighted by Gasteiger charge is 2.27. The Kier molecular flexibility index (Phi) is 2.37. The first-order chi connectivity index (χ1) is 7.45. The van der Waals surface area contributed by atoms with Crippen molar-refractivity contribution in [1.82, 2.24) is 10.1 Å². The van der Waals surface area contributed by atoms with Crippen LogP contribution in [0.15, 0.2) is 10.6 Å². The first kappa shape index (κ1) is 10.9. The number of fused-ring (bicyclic) bond motifs is 1. The van der Waals surface area contributed by atoms with Gasteiger partial charge in [0.25, 0.3) is 5.71 Å². The van der Waals surface area contributed by atoms with Crippen molar-refractivity contribution in [3.8, 4) is 0 Å². The highest BCUT2D eigenvalue weighted by molar-refractivity contribution is 5.89. The summed E-state index contributed by atoms with van der Waals surface area (Å²) in [4.78, 5) is 4.30. The second kappa shape index (κ2) is 3.47. The van der Waals surface area contributed by atoms with Crippen LogP contribution < -0.4 is 5.73 Å². The second-order valence-corrected chi connectivity index (χ2v) is 4.80. The zero-order valence-electron chi connectivity index (χ0n) is 10.2. The van der Waals surface area contributed by atoms with E-state index in [-0.39, 0.29) is 5.41 Å². The number of rotatable bonds is 2. The summed E-state index contributed by atoms with van der Waals surface area (Å²) >= 11 is 0. The number of pyridine rings is 1. The maximum Gasteiger partial charge on any atom is 0.260 e. The lowest BCUT2D eigenvalue weighted by Crippen LogP contribution is -2.16. The summed E-state index contributed by atoms with van der Waals surface area (Å²) in [6, 6.07) is 1.86. The van der Waals surface area contributed by atoms with Gasteiger partial charge in [-0.05, 0) is 19.4 Å². The number of aryl methyl sites for hydroxylation is 1. The Bertz CT molecular complexity index is 528. The van der Waals surface area contributed by atoms with Crippen LogP contribution in [0.25, 0.3) is 11.1 Å². The lowest BCUT2D eigenvalue weighted by Gasteiger charge is -2.19. The molecule has 86 valence electrons. The zero-order chi connectivity index (χ0) is 11.9. The number of hydrogen-bond donors (Lipinski definition) is 1. The Labute approximate surface area is 94.8 Å². The molecule has 0 amide bonds. The van der Waals surface area contributed by atoms with Crippen molar-refractivity contribution in [3.05, 3.63) is 17.5 Å². The molecule has 2 heterocycles. The molecule has 2 aromatic heterocycles. The Morgan fingerprint density at radius 2 is 2.12 bits per heavy atom. The predicted molar refractivity (Wildman–Crippen MR) is 64.3 cm³/mol. The maximum absolute atomic E-state index is 6.01. The number of nitrogen functional groups attached to an aromatic ring is 1. The molecule has 0 atom stereocenters. The van der Waals surface area contributed by atoms with Crippen molar-refractivity contribution in [1.29, 1.82) is 0 Å². The summed E-state index contributed by atoms with van der Waals surface area (Å²) in [6.45, 7) is 8.27. The van der Waals surface area contributed by atoms with Gasteiger partial charge in [-0.3, -0.25) is 0 Å². The van der Waals surface area contributed by atoms with E-state index < -0.39 is 0 Å². The van der Waals surface area contributed by atoms with E-state index in [0.29, 0.717) is 11.4 Å². The molecule has 16 heavy (non-hydrogen) atoms. The third kappa shape index (κ3) is 1.54. The van der Waals surface area contributed by atoms with E-state index in [1.807, 2.05) is 13.0 Å². The smallest absolute Gasteiger partial charge is 0.260 e. The lowest BCUT2D eigenvalue weighted by atomic mass is 9.85. The molecule has 0 radical (unpaired) electrons. The van der Waals surface area contributed by atoms with E-state index in [4.69, 9.17) is 10.3 Å². The van der Waals surface area contributed by atoms with Gasteiger partial charge in [0.1, 0.15) is 5.69 Å². The molecular weight excluding hydrogens is 202 g/mol. The molecule has 2 aromatic rings. The molecule has 2 rings (SSSR count). The standard InChI is InChI=1S/C12H17N3O/c1-5-12(3,4)10-9-8(13)6-7(2)14-11(9)16-15-10/h6H,5H2,1-4H3,(H2,13,14). The molecule has 0 fully saturated rings. The quantitative estimate of drug-likeness (QED) is 0.843. The van der Waals surface area contributed by atoms with Crippen molar-refractivity contribution < 1.29 is 4.52 Å². The van der Waals surface area contributed by atoms with Crippen molar-refractivity contribution in [2.24, 2.45) is 0 Å². The largest absolute Gasteiger partial charge is 0.398 e. The van der Waals surface area contributed by atoms with Crippen LogP contribution in [0.2, 0.25) is 0 Å². The molecule has 0 bridgehead atoms. The van der Waals surface area contributed by atoms with Crippen molar-refractivity contribution in [2.45, 2.75) is 39.5 Å². The highest BCUT2D eigenvalue weighted by Crippen LogP contribution is 2.34. The van der Waals surface area contributed by atoms with Crippen LogP contribution in [-0.4, -0.2) is 10.1 Å². The minimum Gasteiger partial charge on any atom is -0.398 e. The van der Waals surface area contributed by atoms with Crippen molar-refractivity contribution in [2.75, 3.05) is 5.73 Å². The van der Waals surface area contributed by atoms with Crippen molar-refractivity contribution in [3.63, 3.8) is 0 Å². The van der Waals surface area contributed by atoms with Gasteiger partial charge >= 0.3 is 0 Å². The first-order valence-corrected chi connectivity index (χ1v) is 5.48. The lowest BCUT2D eigenvalue weighted by molar-refractivity contribution is 0.398. The number of nitrogens with zero attached hydrogens (tertiary/aromatic N) is 2. The predicted octanol–water partition coefficient (Wildman–Crippen LogP) is 2.80. The monoisotopic (exact) mass is 219 g/mol. The van der Waals surface area contributed by atoms with Crippen LogP contribution in [0.4, 0.5) is 5.69 Å². The molecular formula is C12H17N3O. The van der Waals surface area contributed by atoms with Gasteiger partial charge in [-0.1, -0.05) is 25.9 Å². The summed E-state index contributed by atoms with van der Waals surface area (Å²) in [7, 11) is 0. The molecule has 0 aliphatic heterocycles. The Morgan fingerprint density at radius 3 is 2.75 bits per heavy atom. The Balaban J connectivity index is 2.74. The third-order valence-corrected chi connectivity index (χ3v) is 3.13. The molecule has 4 nitrogen and oxygen atoms in total. The molecule has 0 aliphatic carbocycles. The fourth-order valence-corrected chi connectivity index (χ4v) is 1.74. The van der Waals surface area contributed by atoms with Crippen LogP contribution in [0.3, 0.4) is 0 Å². The molecule has 0 saturated heterocycles. The molecule has 2 N–H and O–H groups in total. The van der Waals surface area contributed by atoms with Crippen LogP contribution in [0.5, 0.6) is 0 Å². The van der Waals surface area contributed by atoms with Crippen LogP contribution >= 0.6 is 0 Å². The van der Waals surface area contributed by atoms with Crippen LogP contribution in [-0.2, 0) is 5.41 Å². The molecule has 0 aliphatic rings. The summed E-state index contributed by atoms with van der Waals surface area (Å²) in [5.74, 6) is 0. The molecule has 0 aromatic carbocycles. The maximum atomic E-state index is 6.01. The van der Waals surface area contributed by atoms with Crippen LogP contribution in [0.1, 0.15) is 38.6 Å². The highest BCUT2D eigenvalue weighted by atomic mass is 16.5. The first-order valence-electron chi connectivity index (χ1n) is 5.48. The van der Waals surface area contributed by atoms with Gasteiger partial charge in [-0.25, -0.2) is 4.98 Å². The molecule has 0 spiro atoms. The van der Waals surface area contributed by atoms with E-state index in [9.17, 15) is 0 Å². The van der Waals surface area contributed by atoms with Crippen LogP contribution in [0, 0.1) is 6.92 Å². The van der Waals surface area contributed by atoms with E-state index >= 15 is 0 Å².